The Kier molecular flexibility index (Phi) is 8.91. The summed E-state index contributed by atoms with van der Waals surface area (Å²) in [5, 5.41) is 0. The normalized spacial score (nSPS) is 10.6. The lowest BCUT2D eigenvalue weighted by molar-refractivity contribution is -0.141. The van der Waals surface area contributed by atoms with E-state index in [2.05, 4.69) is 4.74 Å². The van der Waals surface area contributed by atoms with Crippen molar-refractivity contribution in [1.82, 2.24) is 9.13 Å². The van der Waals surface area contributed by atoms with Gasteiger partial charge in [-0.2, -0.15) is 0 Å². The Labute approximate surface area is 239 Å². The van der Waals surface area contributed by atoms with Crippen LogP contribution >= 0.6 is 0 Å². The molecule has 0 aliphatic carbocycles. The van der Waals surface area contributed by atoms with Gasteiger partial charge in [0.2, 0.25) is 5.78 Å². The first kappa shape index (κ1) is 29.4. The molecule has 0 fully saturated rings. The number of benzene rings is 3. The van der Waals surface area contributed by atoms with E-state index in [9.17, 15) is 28.8 Å². The Morgan fingerprint density at radius 2 is 1.43 bits per heavy atom. The number of nitrogens with two attached hydrogens (primary N) is 1. The second-order valence-corrected chi connectivity index (χ2v) is 9.32. The first-order valence-corrected chi connectivity index (χ1v) is 12.8. The van der Waals surface area contributed by atoms with E-state index in [0.29, 0.717) is 15.7 Å². The van der Waals surface area contributed by atoms with Gasteiger partial charge in [0.05, 0.1) is 19.2 Å². The molecule has 0 aliphatic rings. The fourth-order valence-corrected chi connectivity index (χ4v) is 4.23. The van der Waals surface area contributed by atoms with Gasteiger partial charge in [-0.3, -0.25) is 23.7 Å². The number of hydrogen-bond donors (Lipinski definition) is 1. The quantitative estimate of drug-likeness (QED) is 0.224. The Hall–Kier alpha value is -5.58. The number of aromatic nitrogens is 2. The van der Waals surface area contributed by atoms with Gasteiger partial charge in [0, 0.05) is 11.1 Å². The van der Waals surface area contributed by atoms with E-state index in [1.54, 1.807) is 60.7 Å². The van der Waals surface area contributed by atoms with Gasteiger partial charge < -0.3 is 15.2 Å². The summed E-state index contributed by atoms with van der Waals surface area (Å²) >= 11 is 0. The van der Waals surface area contributed by atoms with E-state index in [0.717, 1.165) is 17.2 Å². The molecule has 0 bridgehead atoms. The predicted molar refractivity (Wildman–Crippen MR) is 153 cm³/mol. The van der Waals surface area contributed by atoms with Crippen molar-refractivity contribution in [3.63, 3.8) is 0 Å². The molecule has 4 aromatic rings. The molecule has 3 aromatic carbocycles. The highest BCUT2D eigenvalue weighted by Crippen LogP contribution is 2.17. The smallest absolute Gasteiger partial charge is 0.339 e. The molecule has 0 saturated carbocycles. The number of hydrogen-bond acceptors (Lipinski definition) is 9. The summed E-state index contributed by atoms with van der Waals surface area (Å²) < 4.78 is 11.3. The van der Waals surface area contributed by atoms with E-state index >= 15 is 0 Å². The number of nitrogens with zero attached hydrogens (tertiary/aromatic N) is 2. The molecule has 11 nitrogen and oxygen atoms in total. The highest BCUT2D eigenvalue weighted by molar-refractivity contribution is 6.14. The van der Waals surface area contributed by atoms with Crippen molar-refractivity contribution in [3.8, 4) is 0 Å². The van der Waals surface area contributed by atoms with Gasteiger partial charge in [-0.25, -0.2) is 14.2 Å². The monoisotopic (exact) mass is 569 g/mol. The third-order valence-electron chi connectivity index (χ3n) is 6.48. The number of esters is 2. The maximum absolute atomic E-state index is 13.2. The topological polar surface area (TPSA) is 157 Å². The molecule has 0 amide bonds. The number of methoxy groups -OCH3 is 1. The van der Waals surface area contributed by atoms with Gasteiger partial charge in [-0.05, 0) is 18.6 Å². The van der Waals surface area contributed by atoms with Gasteiger partial charge in [0.1, 0.15) is 17.9 Å². The minimum atomic E-state index is -1.14. The van der Waals surface area contributed by atoms with Crippen molar-refractivity contribution < 1.29 is 28.7 Å². The molecular formula is C31H27N3O8. The van der Waals surface area contributed by atoms with Crippen molar-refractivity contribution >= 4 is 29.3 Å². The first-order valence-electron chi connectivity index (χ1n) is 12.8. The largest absolute Gasteiger partial charge is 0.468 e. The van der Waals surface area contributed by atoms with Crippen molar-refractivity contribution in [1.29, 1.82) is 0 Å². The molecule has 0 aliphatic heterocycles. The van der Waals surface area contributed by atoms with Crippen LogP contribution in [-0.4, -0.2) is 46.4 Å². The maximum Gasteiger partial charge on any atom is 0.339 e. The van der Waals surface area contributed by atoms with Gasteiger partial charge in [-0.15, -0.1) is 0 Å². The zero-order chi connectivity index (χ0) is 30.4. The fraction of sp³-hybridized carbons (Fsp3) is 0.161. The average Bonchev–Trinajstić information content (AvgIpc) is 3.00. The van der Waals surface area contributed by atoms with E-state index in [-0.39, 0.29) is 17.7 Å². The molecule has 11 heteroatoms. The molecule has 0 radical (unpaired) electrons. The summed E-state index contributed by atoms with van der Waals surface area (Å²) in [4.78, 5) is 77.7. The molecule has 0 atom stereocenters. The summed E-state index contributed by atoms with van der Waals surface area (Å²) in [6.07, 6.45) is 0. The first-order chi connectivity index (χ1) is 20.1. The highest BCUT2D eigenvalue weighted by Gasteiger charge is 2.26. The van der Waals surface area contributed by atoms with Crippen LogP contribution in [0.2, 0.25) is 0 Å². The molecule has 1 heterocycles. The number of carbonyl (C=O) groups excluding carboxylic acids is 4. The highest BCUT2D eigenvalue weighted by atomic mass is 16.5. The maximum atomic E-state index is 13.2. The second-order valence-electron chi connectivity index (χ2n) is 9.32. The molecule has 0 spiro atoms. The van der Waals surface area contributed by atoms with Crippen LogP contribution in [0.5, 0.6) is 0 Å². The van der Waals surface area contributed by atoms with E-state index < -0.39 is 59.3 Å². The molecule has 0 unspecified atom stereocenters. The van der Waals surface area contributed by atoms with Crippen LogP contribution in [0, 0.1) is 6.92 Å². The standard InChI is InChI=1S/C31H27N3O8/c1-19-12-14-21(15-13-19)27(37)22-10-6-7-11-23(22)30(39)42-18-24(35)26-28(32)33(16-20-8-4-3-5-9-20)31(40)34(29(26)38)17-25(36)41-2/h3-15H,16-18,32H2,1-2H3. The van der Waals surface area contributed by atoms with Gasteiger partial charge in [0.25, 0.3) is 5.56 Å². The lowest BCUT2D eigenvalue weighted by atomic mass is 9.98. The van der Waals surface area contributed by atoms with Crippen LogP contribution < -0.4 is 17.0 Å². The molecular weight excluding hydrogens is 542 g/mol. The van der Waals surface area contributed by atoms with Crippen molar-refractivity contribution in [2.24, 2.45) is 0 Å². The molecule has 0 saturated heterocycles. The average molecular weight is 570 g/mol. The van der Waals surface area contributed by atoms with Crippen LogP contribution in [0.4, 0.5) is 5.82 Å². The summed E-state index contributed by atoms with van der Waals surface area (Å²) in [7, 11) is 1.08. The van der Waals surface area contributed by atoms with Crippen LogP contribution in [0.15, 0.2) is 88.5 Å². The number of rotatable bonds is 10. The van der Waals surface area contributed by atoms with Gasteiger partial charge in [-0.1, -0.05) is 78.4 Å². The Bertz CT molecular complexity index is 1790. The number of nitrogen functional groups attached to an aromatic ring is 1. The van der Waals surface area contributed by atoms with Crippen LogP contribution in [-0.2, 0) is 27.4 Å². The number of Topliss-reactive ketones (excluding diaryl/α,β-unsaturated/α-hetero) is 1. The lowest BCUT2D eigenvalue weighted by Crippen LogP contribution is -2.46. The SMILES string of the molecule is COC(=O)Cn1c(=O)c(C(=O)COC(=O)c2ccccc2C(=O)c2ccc(C)cc2)c(N)n(Cc2ccccc2)c1=O. The minimum Gasteiger partial charge on any atom is -0.468 e. The number of carbonyl (C=O) groups is 4. The van der Waals surface area contributed by atoms with Crippen LogP contribution in [0.25, 0.3) is 0 Å². The molecule has 4 rings (SSSR count). The summed E-state index contributed by atoms with van der Waals surface area (Å²) in [6, 6.07) is 21.4. The summed E-state index contributed by atoms with van der Waals surface area (Å²) in [5.41, 5.74) is 5.38. The van der Waals surface area contributed by atoms with E-state index in [1.165, 1.54) is 18.2 Å². The molecule has 214 valence electrons. The third kappa shape index (κ3) is 6.25. The number of ketones is 2. The van der Waals surface area contributed by atoms with Crippen LogP contribution in [0.3, 0.4) is 0 Å². The second kappa shape index (κ2) is 12.7. The van der Waals surface area contributed by atoms with Crippen LogP contribution in [0.1, 0.15) is 47.8 Å². The predicted octanol–water partition coefficient (Wildman–Crippen LogP) is 2.39. The number of ether oxygens (including phenoxy) is 2. The minimum absolute atomic E-state index is 0.0650. The molecule has 42 heavy (non-hydrogen) atoms. The number of anilines is 1. The lowest BCUT2D eigenvalue weighted by Gasteiger charge is -2.16. The van der Waals surface area contributed by atoms with E-state index in [4.69, 9.17) is 10.5 Å². The Morgan fingerprint density at radius 3 is 2.07 bits per heavy atom. The third-order valence-corrected chi connectivity index (χ3v) is 6.48. The molecule has 1 aromatic heterocycles. The van der Waals surface area contributed by atoms with Crippen molar-refractivity contribution in [2.75, 3.05) is 19.5 Å². The molecule has 2 N–H and O–H groups in total. The zero-order valence-electron chi connectivity index (χ0n) is 22.9. The van der Waals surface area contributed by atoms with Gasteiger partial charge in [0.15, 0.2) is 12.4 Å². The van der Waals surface area contributed by atoms with Crippen molar-refractivity contribution in [3.05, 3.63) is 133 Å². The summed E-state index contributed by atoms with van der Waals surface area (Å²) in [5.74, 6) is -3.76. The van der Waals surface area contributed by atoms with Gasteiger partial charge >= 0.3 is 17.6 Å². The van der Waals surface area contributed by atoms with E-state index in [1.807, 2.05) is 6.92 Å². The van der Waals surface area contributed by atoms with Crippen molar-refractivity contribution in [2.45, 2.75) is 20.0 Å². The fourth-order valence-electron chi connectivity index (χ4n) is 4.23. The Morgan fingerprint density at radius 1 is 0.810 bits per heavy atom. The number of aryl methyl sites for hydroxylation is 1. The Balaban J connectivity index is 1.65. The zero-order valence-corrected chi connectivity index (χ0v) is 22.9. The summed E-state index contributed by atoms with van der Waals surface area (Å²) in [6.45, 7) is 0.0771.